The van der Waals surface area contributed by atoms with E-state index in [0.717, 1.165) is 12.2 Å². The molecule has 0 aliphatic rings. The normalized spacial score (nSPS) is 10.5. The zero-order valence-electron chi connectivity index (χ0n) is 12.2. The fourth-order valence-electron chi connectivity index (χ4n) is 2.77. The van der Waals surface area contributed by atoms with Crippen LogP contribution in [0.1, 0.15) is 16.8 Å². The first-order valence-electron chi connectivity index (χ1n) is 6.97. The van der Waals surface area contributed by atoms with Gasteiger partial charge in [-0.25, -0.2) is 0 Å². The van der Waals surface area contributed by atoms with Crippen LogP contribution in [0, 0.1) is 18.3 Å². The van der Waals surface area contributed by atoms with Gasteiger partial charge in [0.2, 0.25) is 0 Å². The van der Waals surface area contributed by atoms with Gasteiger partial charge in [0.25, 0.3) is 0 Å². The summed E-state index contributed by atoms with van der Waals surface area (Å²) in [5.41, 5.74) is 5.46. The van der Waals surface area contributed by atoms with Gasteiger partial charge in [0.05, 0.1) is 18.2 Å². The maximum Gasteiger partial charge on any atom is 0.0992 e. The van der Waals surface area contributed by atoms with Crippen LogP contribution in [0.5, 0.6) is 0 Å². The van der Waals surface area contributed by atoms with Gasteiger partial charge in [0.15, 0.2) is 0 Å². The van der Waals surface area contributed by atoms with Crippen molar-refractivity contribution in [3.63, 3.8) is 0 Å². The maximum absolute atomic E-state index is 8.95. The summed E-state index contributed by atoms with van der Waals surface area (Å²) < 4.78 is 2.23. The molecule has 1 N–H and O–H groups in total. The maximum atomic E-state index is 8.95. The Hall–Kier alpha value is -2.73. The Bertz CT molecular complexity index is 798. The van der Waals surface area contributed by atoms with Crippen LogP contribution in [0.2, 0.25) is 0 Å². The monoisotopic (exact) mass is 275 g/mol. The van der Waals surface area contributed by atoms with Crippen molar-refractivity contribution in [1.29, 1.82) is 5.26 Å². The number of para-hydroxylation sites is 1. The van der Waals surface area contributed by atoms with Crippen LogP contribution in [-0.4, -0.2) is 4.57 Å². The molecule has 0 fully saturated rings. The fraction of sp³-hybridized carbons (Fsp3) is 0.167. The standard InChI is InChI=1S/C18H17N3/c1-13-16-8-3-4-9-17(16)21(2)18(13)12-20-15-7-5-6-14(10-15)11-19/h3-10,20H,12H2,1-2H3. The molecule has 21 heavy (non-hydrogen) atoms. The summed E-state index contributed by atoms with van der Waals surface area (Å²) in [6.07, 6.45) is 0. The molecule has 3 aromatic rings. The molecular weight excluding hydrogens is 258 g/mol. The molecule has 1 aromatic heterocycles. The first kappa shape index (κ1) is 13.3. The number of hydrogen-bond donors (Lipinski definition) is 1. The van der Waals surface area contributed by atoms with Crippen molar-refractivity contribution >= 4 is 16.6 Å². The predicted octanol–water partition coefficient (Wildman–Crippen LogP) is 3.97. The van der Waals surface area contributed by atoms with Crippen molar-refractivity contribution in [3.05, 3.63) is 65.4 Å². The number of anilines is 1. The minimum atomic E-state index is 0.675. The molecule has 1 heterocycles. The largest absolute Gasteiger partial charge is 0.379 e. The Morgan fingerprint density at radius 1 is 1.14 bits per heavy atom. The summed E-state index contributed by atoms with van der Waals surface area (Å²) in [6, 6.07) is 18.2. The lowest BCUT2D eigenvalue weighted by Gasteiger charge is -2.09. The molecule has 0 aliphatic heterocycles. The summed E-state index contributed by atoms with van der Waals surface area (Å²) >= 11 is 0. The van der Waals surface area contributed by atoms with Crippen LogP contribution >= 0.6 is 0 Å². The molecule has 3 rings (SSSR count). The summed E-state index contributed by atoms with van der Waals surface area (Å²) in [7, 11) is 2.10. The summed E-state index contributed by atoms with van der Waals surface area (Å²) in [5.74, 6) is 0. The van der Waals surface area contributed by atoms with Gasteiger partial charge in [-0.15, -0.1) is 0 Å². The van der Waals surface area contributed by atoms with Gasteiger partial charge in [-0.1, -0.05) is 24.3 Å². The molecule has 104 valence electrons. The molecule has 0 aliphatic carbocycles. The molecule has 0 spiro atoms. The zero-order chi connectivity index (χ0) is 14.8. The molecule has 0 unspecified atom stereocenters. The molecule has 0 atom stereocenters. The van der Waals surface area contributed by atoms with Crippen LogP contribution in [0.4, 0.5) is 5.69 Å². The highest BCUT2D eigenvalue weighted by atomic mass is 15.0. The average Bonchev–Trinajstić information content (AvgIpc) is 2.78. The van der Waals surface area contributed by atoms with E-state index in [1.807, 2.05) is 24.3 Å². The van der Waals surface area contributed by atoms with E-state index in [9.17, 15) is 0 Å². The Kier molecular flexibility index (Phi) is 3.37. The fourth-order valence-corrected chi connectivity index (χ4v) is 2.77. The van der Waals surface area contributed by atoms with Crippen LogP contribution in [0.25, 0.3) is 10.9 Å². The third-order valence-corrected chi connectivity index (χ3v) is 3.96. The highest BCUT2D eigenvalue weighted by molar-refractivity contribution is 5.85. The summed E-state index contributed by atoms with van der Waals surface area (Å²) in [5, 5.41) is 13.6. The van der Waals surface area contributed by atoms with Crippen LogP contribution in [0.3, 0.4) is 0 Å². The van der Waals surface area contributed by atoms with Gasteiger partial charge in [-0.05, 0) is 36.8 Å². The van der Waals surface area contributed by atoms with E-state index in [1.165, 1.54) is 22.2 Å². The molecule has 0 saturated heterocycles. The Morgan fingerprint density at radius 2 is 1.95 bits per heavy atom. The second-order valence-corrected chi connectivity index (χ2v) is 5.19. The van der Waals surface area contributed by atoms with E-state index in [-0.39, 0.29) is 0 Å². The van der Waals surface area contributed by atoms with E-state index in [2.05, 4.69) is 54.2 Å². The summed E-state index contributed by atoms with van der Waals surface area (Å²) in [6.45, 7) is 2.90. The number of nitrogens with zero attached hydrogens (tertiary/aromatic N) is 2. The van der Waals surface area contributed by atoms with Crippen LogP contribution in [0.15, 0.2) is 48.5 Å². The van der Waals surface area contributed by atoms with Crippen LogP contribution in [-0.2, 0) is 13.6 Å². The third kappa shape index (κ3) is 2.36. The number of nitrogens with one attached hydrogen (secondary N) is 1. The molecule has 2 aromatic carbocycles. The number of hydrogen-bond acceptors (Lipinski definition) is 2. The lowest BCUT2D eigenvalue weighted by molar-refractivity contribution is 0.862. The number of aromatic nitrogens is 1. The first-order valence-corrected chi connectivity index (χ1v) is 6.97. The van der Waals surface area contributed by atoms with Gasteiger partial charge in [-0.3, -0.25) is 0 Å². The number of rotatable bonds is 3. The highest BCUT2D eigenvalue weighted by Crippen LogP contribution is 2.25. The van der Waals surface area contributed by atoms with Crippen molar-refractivity contribution in [1.82, 2.24) is 4.57 Å². The first-order chi connectivity index (χ1) is 10.2. The molecule has 0 amide bonds. The Balaban J connectivity index is 1.90. The molecule has 0 bridgehead atoms. The minimum Gasteiger partial charge on any atom is -0.379 e. The predicted molar refractivity (Wildman–Crippen MR) is 86.1 cm³/mol. The van der Waals surface area contributed by atoms with E-state index < -0.39 is 0 Å². The number of fused-ring (bicyclic) bond motifs is 1. The summed E-state index contributed by atoms with van der Waals surface area (Å²) in [4.78, 5) is 0. The average molecular weight is 275 g/mol. The SMILES string of the molecule is Cc1c(CNc2cccc(C#N)c2)n(C)c2ccccc12. The molecule has 0 saturated carbocycles. The molecular formula is C18H17N3. The van der Waals surface area contributed by atoms with Gasteiger partial charge < -0.3 is 9.88 Å². The molecule has 0 radical (unpaired) electrons. The van der Waals surface area contributed by atoms with Gasteiger partial charge in [0, 0.05) is 29.3 Å². The van der Waals surface area contributed by atoms with Crippen molar-refractivity contribution in [2.24, 2.45) is 7.05 Å². The van der Waals surface area contributed by atoms with Crippen molar-refractivity contribution in [2.45, 2.75) is 13.5 Å². The van der Waals surface area contributed by atoms with E-state index >= 15 is 0 Å². The minimum absolute atomic E-state index is 0.675. The van der Waals surface area contributed by atoms with Gasteiger partial charge in [-0.2, -0.15) is 5.26 Å². The Labute approximate surface area is 124 Å². The van der Waals surface area contributed by atoms with Crippen LogP contribution < -0.4 is 5.32 Å². The highest BCUT2D eigenvalue weighted by Gasteiger charge is 2.10. The second-order valence-electron chi connectivity index (χ2n) is 5.19. The molecule has 3 heteroatoms. The smallest absolute Gasteiger partial charge is 0.0992 e. The van der Waals surface area contributed by atoms with E-state index in [0.29, 0.717) is 5.56 Å². The van der Waals surface area contributed by atoms with Crippen molar-refractivity contribution in [3.8, 4) is 6.07 Å². The van der Waals surface area contributed by atoms with E-state index in [1.54, 1.807) is 0 Å². The third-order valence-electron chi connectivity index (χ3n) is 3.96. The van der Waals surface area contributed by atoms with Gasteiger partial charge >= 0.3 is 0 Å². The number of benzene rings is 2. The zero-order valence-corrected chi connectivity index (χ0v) is 12.2. The van der Waals surface area contributed by atoms with Crippen molar-refractivity contribution < 1.29 is 0 Å². The lowest BCUT2D eigenvalue weighted by Crippen LogP contribution is -2.05. The lowest BCUT2D eigenvalue weighted by atomic mass is 10.1. The van der Waals surface area contributed by atoms with Crippen molar-refractivity contribution in [2.75, 3.05) is 5.32 Å². The quantitative estimate of drug-likeness (QED) is 0.785. The molecule has 3 nitrogen and oxygen atoms in total. The van der Waals surface area contributed by atoms with Gasteiger partial charge in [0.1, 0.15) is 0 Å². The topological polar surface area (TPSA) is 40.8 Å². The Morgan fingerprint density at radius 3 is 2.71 bits per heavy atom. The number of nitriles is 1. The second kappa shape index (κ2) is 5.34. The number of aryl methyl sites for hydroxylation is 2. The van der Waals surface area contributed by atoms with E-state index in [4.69, 9.17) is 5.26 Å².